The van der Waals surface area contributed by atoms with Crippen molar-refractivity contribution in [2.45, 2.75) is 24.3 Å². The molecule has 32 heavy (non-hydrogen) atoms. The van der Waals surface area contributed by atoms with Crippen molar-refractivity contribution in [3.8, 4) is 0 Å². The maximum absolute atomic E-state index is 13.1. The Labute approximate surface area is 182 Å². The second kappa shape index (κ2) is 8.09. The molecular formula is C19H20N6O6S. The summed E-state index contributed by atoms with van der Waals surface area (Å²) in [5, 5.41) is 13.5. The smallest absolute Gasteiger partial charge is 0.404 e. The molecule has 1 saturated heterocycles. The predicted octanol–water partition coefficient (Wildman–Crippen LogP) is 1.99. The summed E-state index contributed by atoms with van der Waals surface area (Å²) in [6, 6.07) is 7.80. The van der Waals surface area contributed by atoms with Crippen LogP contribution in [-0.2, 0) is 14.8 Å². The van der Waals surface area contributed by atoms with Gasteiger partial charge < -0.3 is 15.9 Å². The number of nitrogens with one attached hydrogen (secondary N) is 1. The summed E-state index contributed by atoms with van der Waals surface area (Å²) in [7, 11) is -3.97. The van der Waals surface area contributed by atoms with Crippen molar-refractivity contribution in [1.82, 2.24) is 14.0 Å². The number of benzene rings is 1. The monoisotopic (exact) mass is 460 g/mol. The number of anilines is 1. The molecular weight excluding hydrogens is 440 g/mol. The van der Waals surface area contributed by atoms with Crippen LogP contribution < -0.4 is 11.2 Å². The van der Waals surface area contributed by atoms with Crippen LogP contribution in [0, 0.1) is 17.0 Å². The number of ether oxygens (including phenoxy) is 1. The minimum atomic E-state index is -3.97. The molecule has 1 fully saturated rings. The first-order valence-corrected chi connectivity index (χ1v) is 11.0. The molecule has 0 radical (unpaired) electrons. The van der Waals surface area contributed by atoms with E-state index in [1.54, 1.807) is 17.1 Å². The molecule has 13 heteroatoms. The molecule has 3 N–H and O–H groups in total. The molecule has 0 bridgehead atoms. The molecule has 1 aliphatic rings. The first-order valence-electron chi connectivity index (χ1n) is 9.61. The van der Waals surface area contributed by atoms with Crippen LogP contribution in [0.15, 0.2) is 47.6 Å². The summed E-state index contributed by atoms with van der Waals surface area (Å²) in [5.74, 6) is 0. The van der Waals surface area contributed by atoms with Gasteiger partial charge in [0.25, 0.3) is 10.0 Å². The number of nitrogens with zero attached hydrogens (tertiary/aromatic N) is 4. The number of aromatic nitrogens is 2. The highest BCUT2D eigenvalue weighted by atomic mass is 32.2. The van der Waals surface area contributed by atoms with Crippen LogP contribution in [-0.4, -0.2) is 52.6 Å². The highest BCUT2D eigenvalue weighted by Crippen LogP contribution is 2.34. The zero-order chi connectivity index (χ0) is 23.0. The summed E-state index contributed by atoms with van der Waals surface area (Å²) in [6.07, 6.45) is 1.46. The third kappa shape index (κ3) is 3.94. The van der Waals surface area contributed by atoms with Crippen molar-refractivity contribution < 1.29 is 22.9 Å². The molecule has 1 aliphatic heterocycles. The Bertz CT molecular complexity index is 1300. The number of hydrogen-bond donors (Lipinski definition) is 2. The highest BCUT2D eigenvalue weighted by molar-refractivity contribution is 7.90. The number of carbonyl (C=O) groups is 1. The van der Waals surface area contributed by atoms with E-state index in [9.17, 15) is 23.3 Å². The molecule has 0 spiro atoms. The van der Waals surface area contributed by atoms with Gasteiger partial charge >= 0.3 is 11.8 Å². The van der Waals surface area contributed by atoms with Gasteiger partial charge in [0.05, 0.1) is 21.7 Å². The number of hydrazine groups is 1. The van der Waals surface area contributed by atoms with Gasteiger partial charge in [-0.25, -0.2) is 27.2 Å². The van der Waals surface area contributed by atoms with Crippen LogP contribution in [0.3, 0.4) is 0 Å². The van der Waals surface area contributed by atoms with Gasteiger partial charge in [-0.2, -0.15) is 0 Å². The van der Waals surface area contributed by atoms with Crippen molar-refractivity contribution in [3.63, 3.8) is 0 Å². The van der Waals surface area contributed by atoms with Crippen molar-refractivity contribution in [2.24, 2.45) is 5.73 Å². The largest absolute Gasteiger partial charge is 0.445 e. The van der Waals surface area contributed by atoms with Gasteiger partial charge in [0.1, 0.15) is 18.0 Å². The Kier molecular flexibility index (Phi) is 5.44. The number of pyridine rings is 1. The summed E-state index contributed by atoms with van der Waals surface area (Å²) >= 11 is 0. The van der Waals surface area contributed by atoms with E-state index >= 15 is 0 Å². The fraction of sp³-hybridized carbons (Fsp3) is 0.263. The van der Waals surface area contributed by atoms with Crippen LogP contribution in [0.5, 0.6) is 0 Å². The maximum Gasteiger partial charge on any atom is 0.404 e. The topological polar surface area (TPSA) is 163 Å². The average Bonchev–Trinajstić information content (AvgIpc) is 3.35. The first kappa shape index (κ1) is 21.5. The van der Waals surface area contributed by atoms with Crippen LogP contribution in [0.4, 0.5) is 16.2 Å². The highest BCUT2D eigenvalue weighted by Gasteiger charge is 2.29. The van der Waals surface area contributed by atoms with Crippen LogP contribution >= 0.6 is 0 Å². The van der Waals surface area contributed by atoms with Gasteiger partial charge in [0.2, 0.25) is 0 Å². The SMILES string of the molecule is Cc1ccc(S(=O)(=O)n2ccc3c(NN4CCC(OC(N)=O)C4)c([N+](=O)[O-])cnc32)cc1. The lowest BCUT2D eigenvalue weighted by Crippen LogP contribution is -2.31. The number of nitro groups is 1. The Morgan fingerprint density at radius 3 is 2.69 bits per heavy atom. The molecule has 0 aliphatic carbocycles. The standard InChI is InChI=1S/C19H20N6O6S/c1-12-2-4-14(5-3-12)32(29,30)24-9-7-15-17(16(25(27)28)10-21-18(15)24)22-23-8-6-13(11-23)31-19(20)26/h2-5,7,9-10,13H,6,8,11H2,1H3,(H2,20,26)(H,21,22). The van der Waals surface area contributed by atoms with Crippen LogP contribution in [0.1, 0.15) is 12.0 Å². The summed E-state index contributed by atoms with van der Waals surface area (Å²) in [6.45, 7) is 2.53. The van der Waals surface area contributed by atoms with E-state index in [1.807, 2.05) is 6.92 Å². The number of amides is 1. The normalized spacial score (nSPS) is 16.8. The average molecular weight is 460 g/mol. The fourth-order valence-corrected chi connectivity index (χ4v) is 4.88. The molecule has 0 saturated carbocycles. The van der Waals surface area contributed by atoms with Gasteiger partial charge in [0, 0.05) is 19.2 Å². The van der Waals surface area contributed by atoms with E-state index < -0.39 is 27.1 Å². The molecule has 4 rings (SSSR count). The summed E-state index contributed by atoms with van der Waals surface area (Å²) < 4.78 is 32.2. The number of primary amides is 1. The lowest BCUT2D eigenvalue weighted by Gasteiger charge is -2.19. The van der Waals surface area contributed by atoms with E-state index in [2.05, 4.69) is 10.4 Å². The minimum Gasteiger partial charge on any atom is -0.445 e. The second-order valence-corrected chi connectivity index (χ2v) is 9.16. The zero-order valence-electron chi connectivity index (χ0n) is 17.0. The van der Waals surface area contributed by atoms with Gasteiger partial charge in [0.15, 0.2) is 5.65 Å². The summed E-state index contributed by atoms with van der Waals surface area (Å²) in [4.78, 5) is 26.1. The zero-order valence-corrected chi connectivity index (χ0v) is 17.8. The third-order valence-electron chi connectivity index (χ3n) is 5.13. The molecule has 1 aromatic carbocycles. The van der Waals surface area contributed by atoms with Crippen molar-refractivity contribution in [1.29, 1.82) is 0 Å². The second-order valence-electron chi connectivity index (χ2n) is 7.35. The number of fused-ring (bicyclic) bond motifs is 1. The van der Waals surface area contributed by atoms with E-state index in [-0.39, 0.29) is 33.8 Å². The van der Waals surface area contributed by atoms with Crippen molar-refractivity contribution in [2.75, 3.05) is 18.5 Å². The fourth-order valence-electron chi connectivity index (χ4n) is 3.57. The quantitative estimate of drug-likeness (QED) is 0.413. The Morgan fingerprint density at radius 1 is 1.31 bits per heavy atom. The van der Waals surface area contributed by atoms with E-state index in [4.69, 9.17) is 10.5 Å². The molecule has 3 heterocycles. The van der Waals surface area contributed by atoms with Gasteiger partial charge in [-0.1, -0.05) is 17.7 Å². The van der Waals surface area contributed by atoms with E-state index in [0.717, 1.165) is 15.7 Å². The Morgan fingerprint density at radius 2 is 2.03 bits per heavy atom. The molecule has 1 amide bonds. The van der Waals surface area contributed by atoms with E-state index in [0.29, 0.717) is 13.0 Å². The molecule has 12 nitrogen and oxygen atoms in total. The van der Waals surface area contributed by atoms with Crippen molar-refractivity contribution >= 4 is 38.5 Å². The lowest BCUT2D eigenvalue weighted by atomic mass is 10.2. The molecule has 168 valence electrons. The Hall–Kier alpha value is -3.71. The van der Waals surface area contributed by atoms with Gasteiger partial charge in [-0.05, 0) is 25.1 Å². The van der Waals surface area contributed by atoms with Crippen LogP contribution in [0.25, 0.3) is 11.0 Å². The number of nitrogens with two attached hydrogens (primary N) is 1. The van der Waals surface area contributed by atoms with Gasteiger partial charge in [-0.3, -0.25) is 10.1 Å². The van der Waals surface area contributed by atoms with Gasteiger partial charge in [-0.15, -0.1) is 0 Å². The van der Waals surface area contributed by atoms with E-state index in [1.165, 1.54) is 24.4 Å². The summed E-state index contributed by atoms with van der Waals surface area (Å²) in [5.41, 5.74) is 8.74. The molecule has 3 aromatic rings. The molecule has 1 unspecified atom stereocenters. The maximum atomic E-state index is 13.1. The molecule has 2 aromatic heterocycles. The number of hydrogen-bond acceptors (Lipinski definition) is 9. The minimum absolute atomic E-state index is 0.0443. The number of rotatable bonds is 6. The predicted molar refractivity (Wildman–Crippen MR) is 114 cm³/mol. The number of aryl methyl sites for hydroxylation is 1. The van der Waals surface area contributed by atoms with Crippen molar-refractivity contribution in [3.05, 3.63) is 58.4 Å². The Balaban J connectivity index is 1.74. The molecule has 1 atom stereocenters. The number of carbonyl (C=O) groups excluding carboxylic acids is 1. The lowest BCUT2D eigenvalue weighted by molar-refractivity contribution is -0.384. The first-order chi connectivity index (χ1) is 15.2. The van der Waals surface area contributed by atoms with Crippen LogP contribution in [0.2, 0.25) is 0 Å². The third-order valence-corrected chi connectivity index (χ3v) is 6.81.